The molecule has 1 aromatic carbocycles. The number of hydrogen-bond donors (Lipinski definition) is 2. The van der Waals surface area contributed by atoms with Crippen LogP contribution in [0.2, 0.25) is 0 Å². The van der Waals surface area contributed by atoms with Crippen LogP contribution in [0.4, 0.5) is 9.52 Å². The molecule has 1 amide bonds. The van der Waals surface area contributed by atoms with E-state index in [2.05, 4.69) is 15.3 Å². The molecular formula is C25H24FN5O5S. The summed E-state index contributed by atoms with van der Waals surface area (Å²) >= 11 is 1.24. The second-order valence-corrected chi connectivity index (χ2v) is 9.66. The molecule has 0 bridgehead atoms. The van der Waals surface area contributed by atoms with Gasteiger partial charge in [-0.25, -0.2) is 19.2 Å². The third-order valence-electron chi connectivity index (χ3n) is 6.31. The number of Topliss-reactive ketones (excluding diaryl/α,β-unsaturated/α-hetero) is 1. The van der Waals surface area contributed by atoms with Gasteiger partial charge < -0.3 is 20.1 Å². The highest BCUT2D eigenvalue weighted by molar-refractivity contribution is 7.13. The molecule has 4 heterocycles. The van der Waals surface area contributed by atoms with Crippen molar-refractivity contribution < 1.29 is 28.6 Å². The number of anilines is 1. The Balaban J connectivity index is 1.19. The predicted molar refractivity (Wildman–Crippen MR) is 133 cm³/mol. The fraction of sp³-hybridized carbons (Fsp3) is 0.320. The summed E-state index contributed by atoms with van der Waals surface area (Å²) in [7, 11) is 0. The molecule has 1 fully saturated rings. The number of fused-ring (bicyclic) bond motifs is 1. The summed E-state index contributed by atoms with van der Waals surface area (Å²) in [5.41, 5.74) is 0.613. The number of benzene rings is 1. The van der Waals surface area contributed by atoms with Crippen molar-refractivity contribution >= 4 is 40.0 Å². The van der Waals surface area contributed by atoms with Gasteiger partial charge in [0.25, 0.3) is 0 Å². The number of nitrogens with one attached hydrogen (secondary N) is 1. The van der Waals surface area contributed by atoms with Gasteiger partial charge in [0.15, 0.2) is 16.7 Å². The van der Waals surface area contributed by atoms with E-state index in [4.69, 9.17) is 4.74 Å². The van der Waals surface area contributed by atoms with Crippen molar-refractivity contribution in [3.05, 3.63) is 70.9 Å². The molecule has 0 aliphatic carbocycles. The molecule has 3 aliphatic heterocycles. The van der Waals surface area contributed by atoms with Crippen LogP contribution in [0.15, 0.2) is 70.3 Å². The van der Waals surface area contributed by atoms with E-state index in [1.165, 1.54) is 22.4 Å². The highest BCUT2D eigenvalue weighted by Crippen LogP contribution is 2.37. The molecule has 3 aliphatic rings. The lowest BCUT2D eigenvalue weighted by atomic mass is 9.87. The topological polar surface area (TPSA) is 124 Å². The molecule has 0 saturated carbocycles. The Morgan fingerprint density at radius 3 is 2.73 bits per heavy atom. The highest BCUT2D eigenvalue weighted by atomic mass is 32.1. The molecular weight excluding hydrogens is 501 g/mol. The lowest BCUT2D eigenvalue weighted by Gasteiger charge is -2.42. The zero-order chi connectivity index (χ0) is 25.9. The summed E-state index contributed by atoms with van der Waals surface area (Å²) in [5.74, 6) is -3.93. The number of aromatic nitrogens is 1. The van der Waals surface area contributed by atoms with Crippen LogP contribution in [0.3, 0.4) is 0 Å². The molecule has 1 aromatic heterocycles. The number of carboxylic acids is 1. The van der Waals surface area contributed by atoms with Crippen molar-refractivity contribution in [3.8, 4) is 0 Å². The van der Waals surface area contributed by atoms with Gasteiger partial charge in [-0.3, -0.25) is 14.5 Å². The van der Waals surface area contributed by atoms with Gasteiger partial charge in [-0.05, 0) is 5.56 Å². The van der Waals surface area contributed by atoms with E-state index in [-0.39, 0.29) is 43.0 Å². The van der Waals surface area contributed by atoms with Crippen molar-refractivity contribution in [2.75, 3.05) is 31.1 Å². The standard InChI is InChI=1S/C25H24FN5O5S/c26-19-10-17-20(32)18(24(34)35)13-31(25-28-7-9-37-25)21(17)29-22(19)30-11-16(12-30)23(33)27-6-8-36-14-15-4-2-1-3-5-15/h1-5,7,9,13,16-17H,6,8,10-12,14H2,(H,27,33)(H,34,35). The number of aliphatic imine (C=N–C) groups is 1. The van der Waals surface area contributed by atoms with Gasteiger partial charge in [-0.2, -0.15) is 0 Å². The van der Waals surface area contributed by atoms with Gasteiger partial charge in [-0.15, -0.1) is 11.3 Å². The number of carboxylic acid groups (broad SMARTS) is 1. The maximum Gasteiger partial charge on any atom is 0.340 e. The second-order valence-electron chi connectivity index (χ2n) is 8.78. The molecule has 5 rings (SSSR count). The monoisotopic (exact) mass is 525 g/mol. The van der Waals surface area contributed by atoms with E-state index in [9.17, 15) is 19.5 Å². The lowest BCUT2D eigenvalue weighted by Crippen LogP contribution is -2.54. The molecule has 192 valence electrons. The summed E-state index contributed by atoms with van der Waals surface area (Å²) in [4.78, 5) is 48.6. The van der Waals surface area contributed by atoms with Crippen molar-refractivity contribution in [3.63, 3.8) is 0 Å². The number of likely N-dealkylation sites (tertiary alicyclic amines) is 1. The largest absolute Gasteiger partial charge is 0.478 e. The Morgan fingerprint density at radius 2 is 2.03 bits per heavy atom. The van der Waals surface area contributed by atoms with Crippen LogP contribution in [0.1, 0.15) is 12.0 Å². The van der Waals surface area contributed by atoms with Gasteiger partial charge >= 0.3 is 5.97 Å². The van der Waals surface area contributed by atoms with Gasteiger partial charge in [-0.1, -0.05) is 30.3 Å². The van der Waals surface area contributed by atoms with Crippen LogP contribution in [0.5, 0.6) is 0 Å². The highest BCUT2D eigenvalue weighted by Gasteiger charge is 2.44. The average molecular weight is 526 g/mol. The third kappa shape index (κ3) is 5.16. The number of carbonyl (C=O) groups excluding carboxylic acids is 2. The zero-order valence-electron chi connectivity index (χ0n) is 19.7. The van der Waals surface area contributed by atoms with Gasteiger partial charge in [0.2, 0.25) is 5.91 Å². The molecule has 10 nitrogen and oxygen atoms in total. The van der Waals surface area contributed by atoms with Crippen LogP contribution in [0, 0.1) is 11.8 Å². The Bertz CT molecular complexity index is 1290. The number of ether oxygens (including phenoxy) is 1. The van der Waals surface area contributed by atoms with Crippen molar-refractivity contribution in [1.82, 2.24) is 15.2 Å². The molecule has 0 radical (unpaired) electrons. The van der Waals surface area contributed by atoms with Crippen LogP contribution in [-0.2, 0) is 25.7 Å². The Labute approximate surface area is 215 Å². The summed E-state index contributed by atoms with van der Waals surface area (Å²) in [6, 6.07) is 9.74. The number of allylic oxidation sites excluding steroid dienone is 1. The minimum absolute atomic E-state index is 0.0584. The third-order valence-corrected chi connectivity index (χ3v) is 7.08. The summed E-state index contributed by atoms with van der Waals surface area (Å²) in [6.07, 6.45) is 2.43. The number of nitrogens with zero attached hydrogens (tertiary/aromatic N) is 4. The Kier molecular flexibility index (Phi) is 7.10. The number of halogens is 1. The van der Waals surface area contributed by atoms with Crippen LogP contribution >= 0.6 is 11.3 Å². The van der Waals surface area contributed by atoms with Crippen LogP contribution < -0.4 is 10.2 Å². The van der Waals surface area contributed by atoms with Crippen LogP contribution in [-0.4, -0.2) is 64.7 Å². The number of carbonyl (C=O) groups is 3. The number of rotatable bonds is 9. The lowest BCUT2D eigenvalue weighted by molar-refractivity contribution is -0.135. The second kappa shape index (κ2) is 10.6. The first-order valence-electron chi connectivity index (χ1n) is 11.7. The quantitative estimate of drug-likeness (QED) is 0.378. The SMILES string of the molecule is O=C(O)C1=CN(c2nccs2)C2=NC(N3CC(C(=O)NCCOCc4ccccc4)C3)=C(F)CC2C1=O. The fourth-order valence-corrected chi connectivity index (χ4v) is 4.98. The number of hydrogen-bond acceptors (Lipinski definition) is 9. The summed E-state index contributed by atoms with van der Waals surface area (Å²) in [5, 5.41) is 14.4. The molecule has 1 atom stereocenters. The minimum Gasteiger partial charge on any atom is -0.478 e. The molecule has 0 spiro atoms. The normalized spacial score (nSPS) is 19.7. The van der Waals surface area contributed by atoms with E-state index < -0.39 is 29.1 Å². The number of ketones is 1. The molecule has 2 N–H and O–H groups in total. The first-order chi connectivity index (χ1) is 17.9. The predicted octanol–water partition coefficient (Wildman–Crippen LogP) is 2.32. The van der Waals surface area contributed by atoms with Crippen molar-refractivity contribution in [1.29, 1.82) is 0 Å². The molecule has 12 heteroatoms. The van der Waals surface area contributed by atoms with Gasteiger partial charge in [0.05, 0.1) is 25.0 Å². The number of aliphatic carboxylic acids is 1. The minimum atomic E-state index is -1.39. The Hall–Kier alpha value is -3.90. The summed E-state index contributed by atoms with van der Waals surface area (Å²) in [6.45, 7) is 1.77. The molecule has 2 aromatic rings. The maximum absolute atomic E-state index is 15.1. The van der Waals surface area contributed by atoms with E-state index in [0.29, 0.717) is 24.9 Å². The maximum atomic E-state index is 15.1. The smallest absolute Gasteiger partial charge is 0.340 e. The van der Waals surface area contributed by atoms with Crippen molar-refractivity contribution in [2.45, 2.75) is 13.0 Å². The molecule has 1 saturated heterocycles. The van der Waals surface area contributed by atoms with Gasteiger partial charge in [0.1, 0.15) is 17.2 Å². The average Bonchev–Trinajstić information content (AvgIpc) is 3.39. The molecule has 37 heavy (non-hydrogen) atoms. The summed E-state index contributed by atoms with van der Waals surface area (Å²) < 4.78 is 20.7. The van der Waals surface area contributed by atoms with Crippen molar-refractivity contribution in [2.24, 2.45) is 16.8 Å². The number of amidine groups is 1. The van der Waals surface area contributed by atoms with E-state index in [1.54, 1.807) is 16.5 Å². The first kappa shape index (κ1) is 24.8. The fourth-order valence-electron chi connectivity index (χ4n) is 4.35. The zero-order valence-corrected chi connectivity index (χ0v) is 20.5. The number of amides is 1. The first-order valence-corrected chi connectivity index (χ1v) is 12.6. The van der Waals surface area contributed by atoms with E-state index in [1.807, 2.05) is 30.3 Å². The van der Waals surface area contributed by atoms with E-state index >= 15 is 4.39 Å². The van der Waals surface area contributed by atoms with E-state index in [0.717, 1.165) is 5.56 Å². The van der Waals surface area contributed by atoms with Gasteiger partial charge in [0, 0.05) is 43.8 Å². The Morgan fingerprint density at radius 1 is 1.24 bits per heavy atom. The number of thiazole rings is 1. The van der Waals surface area contributed by atoms with Crippen LogP contribution in [0.25, 0.3) is 0 Å². The molecule has 1 unspecified atom stereocenters.